The van der Waals surface area contributed by atoms with Crippen LogP contribution in [0.25, 0.3) is 0 Å². The molecule has 7 nitrogen and oxygen atoms in total. The Labute approximate surface area is 186 Å². The Morgan fingerprint density at radius 2 is 1.74 bits per heavy atom. The molecule has 2 aromatic carbocycles. The van der Waals surface area contributed by atoms with Gasteiger partial charge in [0.2, 0.25) is 10.0 Å². The highest BCUT2D eigenvalue weighted by atomic mass is 32.2. The predicted octanol–water partition coefficient (Wildman–Crippen LogP) is 3.22. The van der Waals surface area contributed by atoms with E-state index in [-0.39, 0.29) is 10.8 Å². The maximum absolute atomic E-state index is 12.4. The van der Waals surface area contributed by atoms with Gasteiger partial charge in [-0.15, -0.1) is 11.3 Å². The average molecular weight is 461 g/mol. The van der Waals surface area contributed by atoms with Gasteiger partial charge in [-0.2, -0.15) is 0 Å². The number of carbonyl (C=O) groups is 1. The third-order valence-electron chi connectivity index (χ3n) is 4.57. The predicted molar refractivity (Wildman–Crippen MR) is 120 cm³/mol. The van der Waals surface area contributed by atoms with Gasteiger partial charge in [0.15, 0.2) is 11.5 Å². The van der Waals surface area contributed by atoms with Gasteiger partial charge in [-0.05, 0) is 59.8 Å². The third kappa shape index (κ3) is 6.06. The van der Waals surface area contributed by atoms with Crippen LogP contribution in [-0.4, -0.2) is 35.1 Å². The van der Waals surface area contributed by atoms with Crippen molar-refractivity contribution in [1.29, 1.82) is 0 Å². The zero-order chi connectivity index (χ0) is 22.3. The van der Waals surface area contributed by atoms with E-state index < -0.39 is 10.0 Å². The summed E-state index contributed by atoms with van der Waals surface area (Å²) in [6, 6.07) is 15.1. The van der Waals surface area contributed by atoms with Crippen LogP contribution >= 0.6 is 11.3 Å². The lowest BCUT2D eigenvalue weighted by atomic mass is 10.1. The highest BCUT2D eigenvalue weighted by Gasteiger charge is 2.15. The lowest BCUT2D eigenvalue weighted by Crippen LogP contribution is -2.26. The molecule has 164 valence electrons. The first kappa shape index (κ1) is 22.8. The molecule has 3 aromatic rings. The van der Waals surface area contributed by atoms with E-state index in [0.717, 1.165) is 10.4 Å². The van der Waals surface area contributed by atoms with Crippen LogP contribution in [0.1, 0.15) is 20.8 Å². The van der Waals surface area contributed by atoms with E-state index >= 15 is 0 Å². The van der Waals surface area contributed by atoms with Crippen LogP contribution in [0.15, 0.2) is 64.9 Å². The van der Waals surface area contributed by atoms with Crippen LogP contribution in [0, 0.1) is 0 Å². The molecule has 0 saturated carbocycles. The molecule has 0 fully saturated rings. The van der Waals surface area contributed by atoms with E-state index in [9.17, 15) is 13.2 Å². The summed E-state index contributed by atoms with van der Waals surface area (Å²) in [5.74, 6) is 0.887. The maximum atomic E-state index is 12.4. The maximum Gasteiger partial charge on any atom is 0.251 e. The van der Waals surface area contributed by atoms with Gasteiger partial charge in [-0.1, -0.05) is 12.1 Å². The molecular formula is C22H24N2O5S2. The van der Waals surface area contributed by atoms with Crippen molar-refractivity contribution in [3.8, 4) is 11.5 Å². The average Bonchev–Trinajstić information content (AvgIpc) is 3.30. The van der Waals surface area contributed by atoms with Gasteiger partial charge in [0.1, 0.15) is 0 Å². The van der Waals surface area contributed by atoms with Gasteiger partial charge in [-0.3, -0.25) is 4.79 Å². The second-order valence-corrected chi connectivity index (χ2v) is 9.42. The van der Waals surface area contributed by atoms with Crippen molar-refractivity contribution in [3.63, 3.8) is 0 Å². The monoisotopic (exact) mass is 460 g/mol. The molecule has 0 atom stereocenters. The highest BCUT2D eigenvalue weighted by Crippen LogP contribution is 2.27. The normalized spacial score (nSPS) is 11.2. The van der Waals surface area contributed by atoms with E-state index in [0.29, 0.717) is 36.6 Å². The Hall–Kier alpha value is -2.88. The molecule has 0 aliphatic carbocycles. The number of hydrogen-bond acceptors (Lipinski definition) is 6. The summed E-state index contributed by atoms with van der Waals surface area (Å²) < 4.78 is 37.9. The van der Waals surface area contributed by atoms with Gasteiger partial charge < -0.3 is 14.8 Å². The quantitative estimate of drug-likeness (QED) is 0.485. The minimum Gasteiger partial charge on any atom is -0.493 e. The number of amides is 1. The summed E-state index contributed by atoms with van der Waals surface area (Å²) in [6.45, 7) is 0.611. The summed E-state index contributed by atoms with van der Waals surface area (Å²) in [5.41, 5.74) is 1.22. The van der Waals surface area contributed by atoms with Gasteiger partial charge >= 0.3 is 0 Å². The van der Waals surface area contributed by atoms with E-state index in [4.69, 9.17) is 9.47 Å². The lowest BCUT2D eigenvalue weighted by molar-refractivity contribution is 0.0950. The molecule has 1 amide bonds. The molecular weight excluding hydrogens is 436 g/mol. The van der Waals surface area contributed by atoms with E-state index in [1.54, 1.807) is 37.7 Å². The highest BCUT2D eigenvalue weighted by molar-refractivity contribution is 7.89. The molecule has 9 heteroatoms. The van der Waals surface area contributed by atoms with Crippen LogP contribution in [0.3, 0.4) is 0 Å². The number of benzene rings is 2. The first-order chi connectivity index (χ1) is 14.9. The molecule has 0 unspecified atom stereocenters. The summed E-state index contributed by atoms with van der Waals surface area (Å²) >= 11 is 1.59. The fraction of sp³-hybridized carbons (Fsp3) is 0.227. The van der Waals surface area contributed by atoms with Gasteiger partial charge in [0.25, 0.3) is 5.91 Å². The molecule has 0 radical (unpaired) electrons. The van der Waals surface area contributed by atoms with Crippen LogP contribution in [-0.2, 0) is 23.0 Å². The molecule has 0 saturated heterocycles. The topological polar surface area (TPSA) is 93.7 Å². The number of nitrogens with one attached hydrogen (secondary N) is 2. The molecule has 0 spiro atoms. The Morgan fingerprint density at radius 1 is 1.00 bits per heavy atom. The Kier molecular flexibility index (Phi) is 7.67. The Balaban J connectivity index is 1.57. The fourth-order valence-corrected chi connectivity index (χ4v) is 4.65. The third-order valence-corrected chi connectivity index (χ3v) is 6.98. The first-order valence-electron chi connectivity index (χ1n) is 9.54. The standard InChI is InChI=1S/C22H24N2O5S2/c1-28-20-10-5-16(14-21(20)29-2)15-23-22(25)17-6-8-19(9-7-17)31(26,27)24-12-11-18-4-3-13-30-18/h3-10,13-14,24H,11-12,15H2,1-2H3,(H,23,25). The lowest BCUT2D eigenvalue weighted by Gasteiger charge is -2.11. The Bertz CT molecular complexity index is 1110. The molecule has 1 aromatic heterocycles. The molecule has 0 aliphatic heterocycles. The van der Waals surface area contributed by atoms with Crippen LogP contribution in [0.5, 0.6) is 11.5 Å². The zero-order valence-corrected chi connectivity index (χ0v) is 18.9. The fourth-order valence-electron chi connectivity index (χ4n) is 2.91. The minimum absolute atomic E-state index is 0.120. The first-order valence-corrected chi connectivity index (χ1v) is 11.9. The molecule has 2 N–H and O–H groups in total. The molecule has 1 heterocycles. The van der Waals surface area contributed by atoms with E-state index in [1.165, 1.54) is 24.3 Å². The summed E-state index contributed by atoms with van der Waals surface area (Å²) in [5, 5.41) is 4.77. The summed E-state index contributed by atoms with van der Waals surface area (Å²) in [4.78, 5) is 13.7. The van der Waals surface area contributed by atoms with Gasteiger partial charge in [-0.25, -0.2) is 13.1 Å². The van der Waals surface area contributed by atoms with Crippen molar-refractivity contribution in [2.24, 2.45) is 0 Å². The van der Waals surface area contributed by atoms with Gasteiger partial charge in [0, 0.05) is 23.5 Å². The zero-order valence-electron chi connectivity index (χ0n) is 17.3. The number of ether oxygens (including phenoxy) is 2. The number of sulfonamides is 1. The van der Waals surface area contributed by atoms with Crippen molar-refractivity contribution in [3.05, 3.63) is 76.0 Å². The smallest absolute Gasteiger partial charge is 0.251 e. The minimum atomic E-state index is -3.63. The van der Waals surface area contributed by atoms with Crippen molar-refractivity contribution in [2.75, 3.05) is 20.8 Å². The summed E-state index contributed by atoms with van der Waals surface area (Å²) in [6.07, 6.45) is 0.632. The molecule has 3 rings (SSSR count). The summed E-state index contributed by atoms with van der Waals surface area (Å²) in [7, 11) is -0.522. The number of rotatable bonds is 10. The van der Waals surface area contributed by atoms with Crippen molar-refractivity contribution < 1.29 is 22.7 Å². The van der Waals surface area contributed by atoms with Crippen molar-refractivity contribution in [1.82, 2.24) is 10.0 Å². The van der Waals surface area contributed by atoms with Crippen LogP contribution in [0.2, 0.25) is 0 Å². The van der Waals surface area contributed by atoms with Crippen molar-refractivity contribution >= 4 is 27.3 Å². The molecule has 31 heavy (non-hydrogen) atoms. The number of methoxy groups -OCH3 is 2. The largest absolute Gasteiger partial charge is 0.493 e. The van der Waals surface area contributed by atoms with E-state index in [2.05, 4.69) is 10.0 Å². The van der Waals surface area contributed by atoms with Crippen LogP contribution < -0.4 is 19.5 Å². The molecule has 0 bridgehead atoms. The Morgan fingerprint density at radius 3 is 2.39 bits per heavy atom. The van der Waals surface area contributed by atoms with Crippen LogP contribution in [0.4, 0.5) is 0 Å². The SMILES string of the molecule is COc1ccc(CNC(=O)c2ccc(S(=O)(=O)NCCc3cccs3)cc2)cc1OC. The second-order valence-electron chi connectivity index (χ2n) is 6.62. The second kappa shape index (κ2) is 10.4. The number of carbonyl (C=O) groups excluding carboxylic acids is 1. The number of thiophene rings is 1. The number of hydrogen-bond donors (Lipinski definition) is 2. The molecule has 0 aliphatic rings. The van der Waals surface area contributed by atoms with E-state index in [1.807, 2.05) is 23.6 Å². The van der Waals surface area contributed by atoms with Gasteiger partial charge in [0.05, 0.1) is 19.1 Å². The van der Waals surface area contributed by atoms with Crippen molar-refractivity contribution in [2.45, 2.75) is 17.9 Å².